The third-order valence-corrected chi connectivity index (χ3v) is 1.62. The summed E-state index contributed by atoms with van der Waals surface area (Å²) in [5, 5.41) is 7.12. The van der Waals surface area contributed by atoms with Gasteiger partial charge in [0.05, 0.1) is 0 Å². The Labute approximate surface area is 60.4 Å². The molecule has 0 aliphatic heterocycles. The van der Waals surface area contributed by atoms with Crippen molar-refractivity contribution in [1.29, 1.82) is 0 Å². The molecule has 56 valence electrons. The zero-order chi connectivity index (χ0) is 7.56. The summed E-state index contributed by atoms with van der Waals surface area (Å²) in [6.07, 6.45) is 1.38. The van der Waals surface area contributed by atoms with E-state index >= 15 is 0 Å². The molecule has 10 heavy (non-hydrogen) atoms. The Kier molecular flexibility index (Phi) is 2.21. The SMILES string of the molecule is Cn1cnnc1SC(F)F. The molecule has 0 saturated heterocycles. The van der Waals surface area contributed by atoms with Crippen LogP contribution in [0.3, 0.4) is 0 Å². The highest BCUT2D eigenvalue weighted by Gasteiger charge is 2.09. The third kappa shape index (κ3) is 1.66. The topological polar surface area (TPSA) is 30.7 Å². The first kappa shape index (κ1) is 7.46. The van der Waals surface area contributed by atoms with E-state index in [1.807, 2.05) is 0 Å². The van der Waals surface area contributed by atoms with Crippen molar-refractivity contribution in [3.05, 3.63) is 6.33 Å². The van der Waals surface area contributed by atoms with E-state index in [4.69, 9.17) is 0 Å². The van der Waals surface area contributed by atoms with Crippen LogP contribution in [0.1, 0.15) is 0 Å². The number of hydrogen-bond acceptors (Lipinski definition) is 3. The van der Waals surface area contributed by atoms with Crippen molar-refractivity contribution in [3.63, 3.8) is 0 Å². The molecule has 0 spiro atoms. The predicted octanol–water partition coefficient (Wildman–Crippen LogP) is 1.13. The Hall–Kier alpha value is -0.650. The van der Waals surface area contributed by atoms with Gasteiger partial charge in [-0.05, 0) is 11.8 Å². The lowest BCUT2D eigenvalue weighted by atomic mass is 11.1. The summed E-state index contributed by atoms with van der Waals surface area (Å²) in [6, 6.07) is 0. The highest BCUT2D eigenvalue weighted by atomic mass is 32.2. The second-order valence-corrected chi connectivity index (χ2v) is 2.56. The lowest BCUT2D eigenvalue weighted by molar-refractivity contribution is 0.251. The Bertz CT molecular complexity index is 212. The van der Waals surface area contributed by atoms with Crippen LogP contribution in [0.15, 0.2) is 11.5 Å². The minimum atomic E-state index is -2.43. The summed E-state index contributed by atoms with van der Waals surface area (Å²) in [5.41, 5.74) is 0. The molecule has 1 heterocycles. The molecule has 0 aromatic carbocycles. The van der Waals surface area contributed by atoms with Gasteiger partial charge >= 0.3 is 0 Å². The van der Waals surface area contributed by atoms with Crippen LogP contribution in [0.4, 0.5) is 8.78 Å². The predicted molar refractivity (Wildman–Crippen MR) is 32.9 cm³/mol. The first-order valence-corrected chi connectivity index (χ1v) is 3.37. The van der Waals surface area contributed by atoms with E-state index in [0.29, 0.717) is 11.8 Å². The summed E-state index contributed by atoms with van der Waals surface area (Å²) in [5.74, 6) is -2.43. The van der Waals surface area contributed by atoms with Crippen LogP contribution in [0, 0.1) is 0 Å². The summed E-state index contributed by atoms with van der Waals surface area (Å²) in [4.78, 5) is 0. The van der Waals surface area contributed by atoms with Gasteiger partial charge in [0.1, 0.15) is 6.33 Å². The number of thioether (sulfide) groups is 1. The lowest BCUT2D eigenvalue weighted by Gasteiger charge is -1.95. The second kappa shape index (κ2) is 2.96. The minimum absolute atomic E-state index is 0.231. The molecule has 6 heteroatoms. The maximum Gasteiger partial charge on any atom is 0.291 e. The van der Waals surface area contributed by atoms with Crippen LogP contribution >= 0.6 is 11.8 Å². The van der Waals surface area contributed by atoms with Gasteiger partial charge in [0.2, 0.25) is 0 Å². The molecular weight excluding hydrogens is 160 g/mol. The number of aromatic nitrogens is 3. The summed E-state index contributed by atoms with van der Waals surface area (Å²) < 4.78 is 24.8. The van der Waals surface area contributed by atoms with Gasteiger partial charge in [-0.2, -0.15) is 8.78 Å². The van der Waals surface area contributed by atoms with E-state index in [1.165, 1.54) is 10.9 Å². The van der Waals surface area contributed by atoms with Crippen molar-refractivity contribution < 1.29 is 8.78 Å². The Morgan fingerprint density at radius 3 is 2.80 bits per heavy atom. The second-order valence-electron chi connectivity index (χ2n) is 1.60. The average Bonchev–Trinajstić information content (AvgIpc) is 2.15. The van der Waals surface area contributed by atoms with Gasteiger partial charge in [-0.25, -0.2) is 0 Å². The fraction of sp³-hybridized carbons (Fsp3) is 0.500. The van der Waals surface area contributed by atoms with Crippen LogP contribution in [-0.2, 0) is 7.05 Å². The number of nitrogens with zero attached hydrogens (tertiary/aromatic N) is 3. The molecule has 0 saturated carbocycles. The molecule has 1 aromatic rings. The maximum absolute atomic E-state index is 11.7. The van der Waals surface area contributed by atoms with Crippen molar-refractivity contribution >= 4 is 11.8 Å². The van der Waals surface area contributed by atoms with Crippen LogP contribution in [0.5, 0.6) is 0 Å². The maximum atomic E-state index is 11.7. The van der Waals surface area contributed by atoms with Crippen LogP contribution in [0.2, 0.25) is 0 Å². The van der Waals surface area contributed by atoms with Gasteiger partial charge in [-0.3, -0.25) is 0 Å². The summed E-state index contributed by atoms with van der Waals surface area (Å²) in [6.45, 7) is 0. The fourth-order valence-electron chi connectivity index (χ4n) is 0.459. The van der Waals surface area contributed by atoms with Crippen molar-refractivity contribution in [1.82, 2.24) is 14.8 Å². The lowest BCUT2D eigenvalue weighted by Crippen LogP contribution is -1.91. The monoisotopic (exact) mass is 165 g/mol. The number of halogens is 2. The average molecular weight is 165 g/mol. The first-order valence-electron chi connectivity index (χ1n) is 2.49. The van der Waals surface area contributed by atoms with Gasteiger partial charge in [-0.1, -0.05) is 0 Å². The largest absolute Gasteiger partial charge is 0.312 e. The molecule has 0 amide bonds. The van der Waals surface area contributed by atoms with Crippen molar-refractivity contribution in [2.45, 2.75) is 10.9 Å². The first-order chi connectivity index (χ1) is 4.70. The zero-order valence-electron chi connectivity index (χ0n) is 5.16. The normalized spacial score (nSPS) is 10.8. The van der Waals surface area contributed by atoms with Crippen LogP contribution in [-0.4, -0.2) is 20.5 Å². The molecule has 1 aromatic heterocycles. The van der Waals surface area contributed by atoms with Gasteiger partial charge in [0.25, 0.3) is 5.76 Å². The van der Waals surface area contributed by atoms with Crippen molar-refractivity contribution in [2.75, 3.05) is 0 Å². The standard InChI is InChI=1S/C4H5F2N3S/c1-9-2-7-8-4(9)10-3(5)6/h2-3H,1H3. The van der Waals surface area contributed by atoms with E-state index in [1.54, 1.807) is 7.05 Å². The fourth-order valence-corrected chi connectivity index (χ4v) is 0.926. The number of hydrogen-bond donors (Lipinski definition) is 0. The van der Waals surface area contributed by atoms with Crippen LogP contribution in [0.25, 0.3) is 0 Å². The van der Waals surface area contributed by atoms with E-state index in [0.717, 1.165) is 0 Å². The number of rotatable bonds is 2. The molecule has 0 aliphatic rings. The van der Waals surface area contributed by atoms with E-state index in [-0.39, 0.29) is 5.16 Å². The highest BCUT2D eigenvalue weighted by Crippen LogP contribution is 2.21. The highest BCUT2D eigenvalue weighted by molar-refractivity contribution is 7.99. The number of alkyl halides is 2. The molecule has 0 fully saturated rings. The smallest absolute Gasteiger partial charge is 0.291 e. The Balaban J connectivity index is 2.65. The molecule has 0 N–H and O–H groups in total. The van der Waals surface area contributed by atoms with Gasteiger partial charge in [-0.15, -0.1) is 10.2 Å². The number of aryl methyl sites for hydroxylation is 1. The van der Waals surface area contributed by atoms with Crippen molar-refractivity contribution in [2.24, 2.45) is 7.05 Å². The molecule has 3 nitrogen and oxygen atoms in total. The van der Waals surface area contributed by atoms with Crippen LogP contribution < -0.4 is 0 Å². The molecule has 0 atom stereocenters. The Morgan fingerprint density at radius 1 is 1.70 bits per heavy atom. The van der Waals surface area contributed by atoms with Gasteiger partial charge in [0.15, 0.2) is 5.16 Å². The molecule has 0 bridgehead atoms. The third-order valence-electron chi connectivity index (χ3n) is 0.864. The molecule has 0 unspecified atom stereocenters. The minimum Gasteiger partial charge on any atom is -0.312 e. The van der Waals surface area contributed by atoms with Gasteiger partial charge in [0, 0.05) is 7.05 Å². The van der Waals surface area contributed by atoms with E-state index in [9.17, 15) is 8.78 Å². The quantitative estimate of drug-likeness (QED) is 0.615. The van der Waals surface area contributed by atoms with E-state index < -0.39 is 5.76 Å². The van der Waals surface area contributed by atoms with Crippen molar-refractivity contribution in [3.8, 4) is 0 Å². The molecule has 0 radical (unpaired) electrons. The molecule has 0 aliphatic carbocycles. The molecular formula is C4H5F2N3S. The van der Waals surface area contributed by atoms with E-state index in [2.05, 4.69) is 10.2 Å². The summed E-state index contributed by atoms with van der Waals surface area (Å²) in [7, 11) is 1.62. The molecule has 1 rings (SSSR count). The summed E-state index contributed by atoms with van der Waals surface area (Å²) >= 11 is 0.388. The zero-order valence-corrected chi connectivity index (χ0v) is 5.98. The Morgan fingerprint density at radius 2 is 2.40 bits per heavy atom. The van der Waals surface area contributed by atoms with Gasteiger partial charge < -0.3 is 4.57 Å².